The van der Waals surface area contributed by atoms with Gasteiger partial charge in [0.25, 0.3) is 11.9 Å². The first-order chi connectivity index (χ1) is 13.2. The van der Waals surface area contributed by atoms with Crippen LogP contribution >= 0.6 is 11.3 Å². The fourth-order valence-corrected chi connectivity index (χ4v) is 3.32. The molecule has 4 rings (SSSR count). The number of aromatic nitrogens is 5. The predicted molar refractivity (Wildman–Crippen MR) is 103 cm³/mol. The predicted octanol–water partition coefficient (Wildman–Crippen LogP) is 3.02. The van der Waals surface area contributed by atoms with Gasteiger partial charge in [-0.3, -0.25) is 9.78 Å². The van der Waals surface area contributed by atoms with E-state index in [1.165, 1.54) is 0 Å². The van der Waals surface area contributed by atoms with Crippen LogP contribution in [0, 0.1) is 6.92 Å². The monoisotopic (exact) mass is 376 g/mol. The van der Waals surface area contributed by atoms with Gasteiger partial charge in [0.1, 0.15) is 0 Å². The molecule has 4 heterocycles. The van der Waals surface area contributed by atoms with Gasteiger partial charge in [-0.2, -0.15) is 5.10 Å². The number of rotatable bonds is 5. The van der Waals surface area contributed by atoms with Gasteiger partial charge >= 0.3 is 0 Å². The van der Waals surface area contributed by atoms with E-state index < -0.39 is 0 Å². The number of thiophene rings is 1. The second kappa shape index (κ2) is 7.46. The Morgan fingerprint density at radius 3 is 2.81 bits per heavy atom. The van der Waals surface area contributed by atoms with E-state index in [-0.39, 0.29) is 5.91 Å². The summed E-state index contributed by atoms with van der Waals surface area (Å²) >= 11 is 1.61. The number of amides is 1. The van der Waals surface area contributed by atoms with Crippen molar-refractivity contribution in [1.82, 2.24) is 30.0 Å². The molecule has 7 nitrogen and oxygen atoms in total. The standard InChI is InChI=1S/C19H16N6OS/c1-13-15(18(26)22-11-14-4-7-20-8-5-14)12-23-25(13)19-21-9-6-16(24-19)17-3-2-10-27-17/h2-10,12H,11H2,1H3,(H,22,26). The van der Waals surface area contributed by atoms with Gasteiger partial charge in [0.05, 0.1) is 28.0 Å². The Kier molecular flexibility index (Phi) is 4.71. The van der Waals surface area contributed by atoms with Crippen LogP contribution in [0.1, 0.15) is 21.6 Å². The first-order valence-corrected chi connectivity index (χ1v) is 9.19. The number of nitrogens with zero attached hydrogens (tertiary/aromatic N) is 5. The molecule has 0 aliphatic rings. The molecule has 0 saturated heterocycles. The first kappa shape index (κ1) is 17.0. The molecule has 0 unspecified atom stereocenters. The summed E-state index contributed by atoms with van der Waals surface area (Å²) in [6, 6.07) is 9.56. The molecule has 27 heavy (non-hydrogen) atoms. The molecule has 0 aliphatic heterocycles. The molecular weight excluding hydrogens is 360 g/mol. The molecule has 0 aliphatic carbocycles. The van der Waals surface area contributed by atoms with Crippen molar-refractivity contribution in [2.45, 2.75) is 13.5 Å². The molecule has 0 spiro atoms. The average Bonchev–Trinajstić information content (AvgIpc) is 3.37. The zero-order valence-electron chi connectivity index (χ0n) is 14.5. The van der Waals surface area contributed by atoms with E-state index in [1.807, 2.05) is 42.6 Å². The van der Waals surface area contributed by atoms with Crippen LogP contribution in [0.2, 0.25) is 0 Å². The number of nitrogens with one attached hydrogen (secondary N) is 1. The van der Waals surface area contributed by atoms with Crippen LogP contribution < -0.4 is 5.32 Å². The lowest BCUT2D eigenvalue weighted by Crippen LogP contribution is -2.23. The van der Waals surface area contributed by atoms with Crippen molar-refractivity contribution < 1.29 is 4.79 Å². The van der Waals surface area contributed by atoms with Crippen molar-refractivity contribution in [2.75, 3.05) is 0 Å². The average molecular weight is 376 g/mol. The second-order valence-corrected chi connectivity index (χ2v) is 6.76. The summed E-state index contributed by atoms with van der Waals surface area (Å²) < 4.78 is 1.58. The number of carbonyl (C=O) groups is 1. The van der Waals surface area contributed by atoms with Gasteiger partial charge in [0.2, 0.25) is 0 Å². The SMILES string of the molecule is Cc1c(C(=O)NCc2ccncc2)cnn1-c1nccc(-c2cccs2)n1. The van der Waals surface area contributed by atoms with E-state index >= 15 is 0 Å². The zero-order valence-corrected chi connectivity index (χ0v) is 15.3. The van der Waals surface area contributed by atoms with Crippen LogP contribution in [-0.2, 0) is 6.54 Å². The van der Waals surface area contributed by atoms with Gasteiger partial charge in [-0.05, 0) is 42.1 Å². The molecule has 0 aromatic carbocycles. The molecular formula is C19H16N6OS. The highest BCUT2D eigenvalue weighted by atomic mass is 32.1. The van der Waals surface area contributed by atoms with Crippen molar-refractivity contribution in [2.24, 2.45) is 0 Å². The maximum absolute atomic E-state index is 12.5. The minimum Gasteiger partial charge on any atom is -0.348 e. The molecule has 1 amide bonds. The van der Waals surface area contributed by atoms with Gasteiger partial charge in [-0.25, -0.2) is 14.6 Å². The van der Waals surface area contributed by atoms with Gasteiger partial charge < -0.3 is 5.32 Å². The smallest absolute Gasteiger partial charge is 0.255 e. The third-order valence-corrected chi connectivity index (χ3v) is 4.96. The van der Waals surface area contributed by atoms with Crippen LogP contribution in [0.4, 0.5) is 0 Å². The fourth-order valence-electron chi connectivity index (χ4n) is 2.62. The topological polar surface area (TPSA) is 85.6 Å². The molecule has 0 bridgehead atoms. The second-order valence-electron chi connectivity index (χ2n) is 5.81. The van der Waals surface area contributed by atoms with Gasteiger partial charge in [-0.15, -0.1) is 11.3 Å². The maximum atomic E-state index is 12.5. The third-order valence-electron chi connectivity index (χ3n) is 4.06. The van der Waals surface area contributed by atoms with Crippen molar-refractivity contribution in [3.8, 4) is 16.5 Å². The van der Waals surface area contributed by atoms with E-state index in [0.717, 1.165) is 16.1 Å². The van der Waals surface area contributed by atoms with E-state index in [4.69, 9.17) is 0 Å². The van der Waals surface area contributed by atoms with E-state index in [1.54, 1.807) is 40.8 Å². The summed E-state index contributed by atoms with van der Waals surface area (Å²) in [5.74, 6) is 0.247. The molecule has 4 aromatic heterocycles. The maximum Gasteiger partial charge on any atom is 0.255 e. The highest BCUT2D eigenvalue weighted by Crippen LogP contribution is 2.23. The van der Waals surface area contributed by atoms with Crippen LogP contribution in [0.15, 0.2) is 60.5 Å². The molecule has 0 radical (unpaired) electrons. The molecule has 0 atom stereocenters. The largest absolute Gasteiger partial charge is 0.348 e. The lowest BCUT2D eigenvalue weighted by atomic mass is 10.2. The zero-order chi connectivity index (χ0) is 18.6. The van der Waals surface area contributed by atoms with Crippen molar-refractivity contribution in [1.29, 1.82) is 0 Å². The highest BCUT2D eigenvalue weighted by Gasteiger charge is 2.16. The van der Waals surface area contributed by atoms with E-state index in [9.17, 15) is 4.79 Å². The van der Waals surface area contributed by atoms with E-state index in [0.29, 0.717) is 23.8 Å². The van der Waals surface area contributed by atoms with Gasteiger partial charge in [-0.1, -0.05) is 6.07 Å². The number of pyridine rings is 1. The van der Waals surface area contributed by atoms with Gasteiger partial charge in [0, 0.05) is 25.1 Å². The van der Waals surface area contributed by atoms with Crippen LogP contribution in [0.25, 0.3) is 16.5 Å². The first-order valence-electron chi connectivity index (χ1n) is 8.31. The summed E-state index contributed by atoms with van der Waals surface area (Å²) in [4.78, 5) is 26.4. The van der Waals surface area contributed by atoms with Crippen LogP contribution in [0.5, 0.6) is 0 Å². The normalized spacial score (nSPS) is 10.7. The Bertz CT molecular complexity index is 1060. The van der Waals surface area contributed by atoms with Crippen LogP contribution in [0.3, 0.4) is 0 Å². The van der Waals surface area contributed by atoms with Crippen molar-refractivity contribution in [3.05, 3.63) is 77.3 Å². The van der Waals surface area contributed by atoms with Crippen molar-refractivity contribution in [3.63, 3.8) is 0 Å². The van der Waals surface area contributed by atoms with Gasteiger partial charge in [0.15, 0.2) is 0 Å². The minimum absolute atomic E-state index is 0.190. The van der Waals surface area contributed by atoms with Crippen molar-refractivity contribution >= 4 is 17.2 Å². The molecule has 0 saturated carbocycles. The Labute approximate surface area is 159 Å². The molecule has 0 fully saturated rings. The summed E-state index contributed by atoms with van der Waals surface area (Å²) in [5.41, 5.74) is 2.99. The molecule has 4 aromatic rings. The lowest BCUT2D eigenvalue weighted by Gasteiger charge is -2.06. The third kappa shape index (κ3) is 3.61. The molecule has 1 N–H and O–H groups in total. The number of hydrogen-bond acceptors (Lipinski definition) is 6. The highest BCUT2D eigenvalue weighted by molar-refractivity contribution is 7.13. The minimum atomic E-state index is -0.190. The quantitative estimate of drug-likeness (QED) is 0.579. The Balaban J connectivity index is 1.55. The van der Waals surface area contributed by atoms with E-state index in [2.05, 4.69) is 25.4 Å². The fraction of sp³-hybridized carbons (Fsp3) is 0.105. The Morgan fingerprint density at radius 1 is 1.19 bits per heavy atom. The Hall–Kier alpha value is -3.39. The summed E-state index contributed by atoms with van der Waals surface area (Å²) in [7, 11) is 0. The molecule has 8 heteroatoms. The number of hydrogen-bond donors (Lipinski definition) is 1. The summed E-state index contributed by atoms with van der Waals surface area (Å²) in [5, 5.41) is 9.21. The summed E-state index contributed by atoms with van der Waals surface area (Å²) in [6.07, 6.45) is 6.63. The number of carbonyl (C=O) groups excluding carboxylic acids is 1. The lowest BCUT2D eigenvalue weighted by molar-refractivity contribution is 0.0950. The summed E-state index contributed by atoms with van der Waals surface area (Å²) in [6.45, 7) is 2.26. The molecule has 134 valence electrons. The van der Waals surface area contributed by atoms with Crippen LogP contribution in [-0.4, -0.2) is 30.6 Å². The Morgan fingerprint density at radius 2 is 2.04 bits per heavy atom.